The second-order valence-corrected chi connectivity index (χ2v) is 6.80. The molecule has 1 fully saturated rings. The zero-order valence-electron chi connectivity index (χ0n) is 16.1. The molecule has 2 atom stereocenters. The van der Waals surface area contributed by atoms with Crippen LogP contribution in [0.4, 0.5) is 0 Å². The minimum Gasteiger partial charge on any atom is -0.465 e. The summed E-state index contributed by atoms with van der Waals surface area (Å²) in [5.74, 6) is -1.19. The molecule has 5 nitrogen and oxygen atoms in total. The van der Waals surface area contributed by atoms with E-state index in [0.29, 0.717) is 26.2 Å². The topological polar surface area (TPSA) is 61.8 Å². The van der Waals surface area contributed by atoms with Gasteiger partial charge in [-0.05, 0) is 26.2 Å². The Bertz CT molecular complexity index is 369. The average Bonchev–Trinajstić information content (AvgIpc) is 2.64. The second-order valence-electron chi connectivity index (χ2n) is 6.80. The molecular formula is C20H36O5. The van der Waals surface area contributed by atoms with Gasteiger partial charge in [0.25, 0.3) is 0 Å². The number of ether oxygens (including phenoxy) is 3. The van der Waals surface area contributed by atoms with E-state index in [2.05, 4.69) is 6.92 Å². The Labute approximate surface area is 152 Å². The van der Waals surface area contributed by atoms with E-state index in [4.69, 9.17) is 14.2 Å². The van der Waals surface area contributed by atoms with Gasteiger partial charge in [-0.1, -0.05) is 51.9 Å². The number of hydrogen-bond donors (Lipinski definition) is 0. The zero-order valence-corrected chi connectivity index (χ0v) is 16.1. The first kappa shape index (κ1) is 21.9. The van der Waals surface area contributed by atoms with Crippen molar-refractivity contribution in [1.82, 2.24) is 0 Å². The molecule has 1 aliphatic carbocycles. The molecule has 0 heterocycles. The third-order valence-corrected chi connectivity index (χ3v) is 4.79. The molecule has 0 aromatic rings. The van der Waals surface area contributed by atoms with Crippen molar-refractivity contribution >= 4 is 11.9 Å². The van der Waals surface area contributed by atoms with Gasteiger partial charge in [-0.25, -0.2) is 0 Å². The lowest BCUT2D eigenvalue weighted by molar-refractivity contribution is -0.163. The molecule has 1 saturated carbocycles. The van der Waals surface area contributed by atoms with Crippen LogP contribution in [-0.4, -0.2) is 38.4 Å². The van der Waals surface area contributed by atoms with Crippen LogP contribution in [0.15, 0.2) is 0 Å². The van der Waals surface area contributed by atoms with Crippen LogP contribution in [0.25, 0.3) is 0 Å². The van der Waals surface area contributed by atoms with Gasteiger partial charge in [-0.15, -0.1) is 0 Å². The monoisotopic (exact) mass is 356 g/mol. The van der Waals surface area contributed by atoms with Gasteiger partial charge in [-0.3, -0.25) is 9.59 Å². The van der Waals surface area contributed by atoms with Crippen molar-refractivity contribution in [1.29, 1.82) is 0 Å². The first-order valence-electron chi connectivity index (χ1n) is 10.1. The number of carbonyl (C=O) groups excluding carboxylic acids is 2. The Morgan fingerprint density at radius 3 is 1.92 bits per heavy atom. The van der Waals surface area contributed by atoms with Gasteiger partial charge < -0.3 is 14.2 Å². The maximum Gasteiger partial charge on any atom is 0.309 e. The molecule has 0 aliphatic heterocycles. The molecule has 0 N–H and O–H groups in total. The van der Waals surface area contributed by atoms with Gasteiger partial charge in [0.1, 0.15) is 6.61 Å². The summed E-state index contributed by atoms with van der Waals surface area (Å²) in [4.78, 5) is 24.6. The lowest BCUT2D eigenvalue weighted by Gasteiger charge is -2.28. The maximum absolute atomic E-state index is 12.4. The van der Waals surface area contributed by atoms with Crippen molar-refractivity contribution in [3.63, 3.8) is 0 Å². The van der Waals surface area contributed by atoms with Crippen LogP contribution in [-0.2, 0) is 23.8 Å². The highest BCUT2D eigenvalue weighted by Gasteiger charge is 2.37. The minimum atomic E-state index is -0.354. The van der Waals surface area contributed by atoms with Gasteiger partial charge in [0, 0.05) is 6.61 Å². The Hall–Kier alpha value is -1.10. The summed E-state index contributed by atoms with van der Waals surface area (Å²) in [6.07, 6.45) is 10.3. The fraction of sp³-hybridized carbons (Fsp3) is 0.900. The van der Waals surface area contributed by atoms with Crippen molar-refractivity contribution < 1.29 is 23.8 Å². The fourth-order valence-electron chi connectivity index (χ4n) is 3.31. The second kappa shape index (κ2) is 14.1. The summed E-state index contributed by atoms with van der Waals surface area (Å²) in [7, 11) is 0. The molecule has 0 amide bonds. The predicted molar refractivity (Wildman–Crippen MR) is 97.2 cm³/mol. The predicted octanol–water partition coefficient (Wildman–Crippen LogP) is 4.28. The molecular weight excluding hydrogens is 320 g/mol. The van der Waals surface area contributed by atoms with E-state index >= 15 is 0 Å². The van der Waals surface area contributed by atoms with Crippen molar-refractivity contribution in [2.75, 3.05) is 26.4 Å². The van der Waals surface area contributed by atoms with E-state index in [1.807, 2.05) is 6.92 Å². The van der Waals surface area contributed by atoms with E-state index in [9.17, 15) is 9.59 Å². The van der Waals surface area contributed by atoms with Gasteiger partial charge in [0.2, 0.25) is 0 Å². The summed E-state index contributed by atoms with van der Waals surface area (Å²) >= 11 is 0. The van der Waals surface area contributed by atoms with Crippen LogP contribution < -0.4 is 0 Å². The van der Waals surface area contributed by atoms with Gasteiger partial charge in [-0.2, -0.15) is 0 Å². The normalized spacial score (nSPS) is 20.2. The van der Waals surface area contributed by atoms with Crippen molar-refractivity contribution in [3.05, 3.63) is 0 Å². The molecule has 0 aromatic carbocycles. The average molecular weight is 357 g/mol. The summed E-state index contributed by atoms with van der Waals surface area (Å²) in [5, 5.41) is 0. The lowest BCUT2D eigenvalue weighted by atomic mass is 9.79. The standard InChI is InChI=1S/C20H36O5/c1-3-5-6-7-8-11-14-24-19(21)17-12-9-10-13-18(17)20(22)25-16-15-23-4-2/h17-18H,3-16H2,1-2H3. The molecule has 0 saturated heterocycles. The maximum atomic E-state index is 12.4. The van der Waals surface area contributed by atoms with Crippen LogP contribution in [0.5, 0.6) is 0 Å². The smallest absolute Gasteiger partial charge is 0.309 e. The van der Waals surface area contributed by atoms with Gasteiger partial charge in [0.05, 0.1) is 25.0 Å². The molecule has 1 rings (SSSR count). The molecule has 0 bridgehead atoms. The third-order valence-electron chi connectivity index (χ3n) is 4.79. The summed E-state index contributed by atoms with van der Waals surface area (Å²) < 4.78 is 15.9. The first-order valence-corrected chi connectivity index (χ1v) is 10.1. The Morgan fingerprint density at radius 2 is 1.32 bits per heavy atom. The molecule has 25 heavy (non-hydrogen) atoms. The van der Waals surface area contributed by atoms with E-state index < -0.39 is 0 Å². The molecule has 146 valence electrons. The lowest BCUT2D eigenvalue weighted by Crippen LogP contribution is -2.35. The SMILES string of the molecule is CCCCCCCCOC(=O)C1CCCCC1C(=O)OCCOCC. The van der Waals surface area contributed by atoms with Gasteiger partial charge in [0.15, 0.2) is 0 Å². The summed E-state index contributed by atoms with van der Waals surface area (Å²) in [6, 6.07) is 0. The van der Waals surface area contributed by atoms with Crippen molar-refractivity contribution in [3.8, 4) is 0 Å². The fourth-order valence-corrected chi connectivity index (χ4v) is 3.31. The van der Waals surface area contributed by atoms with E-state index in [1.54, 1.807) is 0 Å². The van der Waals surface area contributed by atoms with Gasteiger partial charge >= 0.3 is 11.9 Å². The summed E-state index contributed by atoms with van der Waals surface area (Å²) in [6.45, 7) is 5.83. The van der Waals surface area contributed by atoms with Crippen LogP contribution in [0.3, 0.4) is 0 Å². The molecule has 0 aromatic heterocycles. The Morgan fingerprint density at radius 1 is 0.760 bits per heavy atom. The van der Waals surface area contributed by atoms with E-state index in [-0.39, 0.29) is 30.4 Å². The van der Waals surface area contributed by atoms with E-state index in [1.165, 1.54) is 25.7 Å². The van der Waals surface area contributed by atoms with E-state index in [0.717, 1.165) is 32.1 Å². The number of esters is 2. The number of unbranched alkanes of at least 4 members (excludes halogenated alkanes) is 5. The Balaban J connectivity index is 2.29. The minimum absolute atomic E-state index is 0.222. The summed E-state index contributed by atoms with van der Waals surface area (Å²) in [5.41, 5.74) is 0. The third kappa shape index (κ3) is 9.24. The molecule has 0 spiro atoms. The molecule has 0 radical (unpaired) electrons. The molecule has 1 aliphatic rings. The van der Waals surface area contributed by atoms with Crippen LogP contribution in [0, 0.1) is 11.8 Å². The van der Waals surface area contributed by atoms with Crippen LogP contribution in [0.1, 0.15) is 78.1 Å². The number of rotatable bonds is 13. The Kier molecular flexibility index (Phi) is 12.4. The highest BCUT2D eigenvalue weighted by atomic mass is 16.6. The molecule has 5 heteroatoms. The number of carbonyl (C=O) groups is 2. The first-order chi connectivity index (χ1) is 12.2. The number of hydrogen-bond acceptors (Lipinski definition) is 5. The largest absolute Gasteiger partial charge is 0.465 e. The molecule has 2 unspecified atom stereocenters. The zero-order chi connectivity index (χ0) is 18.3. The van der Waals surface area contributed by atoms with Crippen molar-refractivity contribution in [2.45, 2.75) is 78.1 Å². The van der Waals surface area contributed by atoms with Crippen LogP contribution >= 0.6 is 0 Å². The quantitative estimate of drug-likeness (QED) is 0.364. The van der Waals surface area contributed by atoms with Crippen LogP contribution in [0.2, 0.25) is 0 Å². The highest BCUT2D eigenvalue weighted by molar-refractivity contribution is 5.82. The van der Waals surface area contributed by atoms with Crippen molar-refractivity contribution in [2.24, 2.45) is 11.8 Å². The highest BCUT2D eigenvalue weighted by Crippen LogP contribution is 2.32.